The lowest BCUT2D eigenvalue weighted by atomic mass is 9.84. The molecule has 0 saturated carbocycles. The number of aromatic nitrogens is 3. The monoisotopic (exact) mass is 1060 g/mol. The summed E-state index contributed by atoms with van der Waals surface area (Å²) in [6.07, 6.45) is 4.32. The van der Waals surface area contributed by atoms with Gasteiger partial charge < -0.3 is 64.4 Å². The number of imidazole rings is 1. The van der Waals surface area contributed by atoms with Crippen LogP contribution in [-0.4, -0.2) is 130 Å². The van der Waals surface area contributed by atoms with E-state index in [1.807, 2.05) is 31.2 Å². The summed E-state index contributed by atoms with van der Waals surface area (Å²) in [5, 5.41) is 19.5. The van der Waals surface area contributed by atoms with Gasteiger partial charge >= 0.3 is 0 Å². The third-order valence-corrected chi connectivity index (χ3v) is 13.2. The summed E-state index contributed by atoms with van der Waals surface area (Å²) in [4.78, 5) is 152. The maximum atomic E-state index is 14.8. The van der Waals surface area contributed by atoms with Crippen LogP contribution in [-0.2, 0) is 67.2 Å². The molecule has 2 aromatic carbocycles. The minimum absolute atomic E-state index is 0.0110. The highest BCUT2D eigenvalue weighted by Gasteiger charge is 2.35. The van der Waals surface area contributed by atoms with Crippen LogP contribution in [0.25, 0.3) is 10.9 Å². The Morgan fingerprint density at radius 1 is 0.792 bits per heavy atom. The molecule has 4 aromatic rings. The minimum Gasteiger partial charge on any atom is -0.370 e. The average molecular weight is 1070 g/mol. The van der Waals surface area contributed by atoms with Gasteiger partial charge in [0.2, 0.25) is 47.3 Å². The number of benzene rings is 2. The molecule has 0 bridgehead atoms. The first-order valence-corrected chi connectivity index (χ1v) is 25.9. The molecule has 1 aliphatic heterocycles. The van der Waals surface area contributed by atoms with E-state index in [-0.39, 0.29) is 76.8 Å². The Bertz CT molecular complexity index is 2710. The van der Waals surface area contributed by atoms with E-state index in [9.17, 15) is 47.9 Å². The van der Waals surface area contributed by atoms with Crippen LogP contribution in [0.1, 0.15) is 94.9 Å². The number of unbranched alkanes of at least 4 members (excludes halogenated alkanes) is 1. The van der Waals surface area contributed by atoms with Crippen molar-refractivity contribution in [1.82, 2.24) is 52.2 Å². The summed E-state index contributed by atoms with van der Waals surface area (Å²) in [5.74, 6) is -9.31. The first-order valence-electron chi connectivity index (χ1n) is 25.9. The number of aromatic amines is 2. The van der Waals surface area contributed by atoms with Gasteiger partial charge in [0.05, 0.1) is 12.4 Å². The van der Waals surface area contributed by atoms with Crippen LogP contribution in [0, 0.1) is 11.8 Å². The largest absolute Gasteiger partial charge is 0.370 e. The van der Waals surface area contributed by atoms with Crippen LogP contribution < -0.4 is 54.4 Å². The van der Waals surface area contributed by atoms with Crippen molar-refractivity contribution in [2.24, 2.45) is 34.0 Å². The molecule has 3 heterocycles. The Labute approximate surface area is 445 Å². The second-order valence-electron chi connectivity index (χ2n) is 19.2. The number of nitrogens with two attached hydrogens (primary N) is 3. The summed E-state index contributed by atoms with van der Waals surface area (Å²) in [7, 11) is 0. The van der Waals surface area contributed by atoms with Crippen LogP contribution in [0.5, 0.6) is 0 Å². The van der Waals surface area contributed by atoms with Crippen molar-refractivity contribution in [2.75, 3.05) is 19.6 Å². The second kappa shape index (κ2) is 30.2. The van der Waals surface area contributed by atoms with Gasteiger partial charge in [0.15, 0.2) is 11.7 Å². The normalized spacial score (nSPS) is 20.4. The lowest BCUT2D eigenvalue weighted by Gasteiger charge is -2.27. The number of amides is 8. The van der Waals surface area contributed by atoms with E-state index in [4.69, 9.17) is 17.2 Å². The topological polar surface area (TPSA) is 390 Å². The molecule has 24 heteroatoms. The Kier molecular flexibility index (Phi) is 23.3. The average Bonchev–Trinajstić information content (AvgIpc) is 4.08. The summed E-state index contributed by atoms with van der Waals surface area (Å²) >= 11 is 0. The fourth-order valence-corrected chi connectivity index (χ4v) is 8.95. The number of carbonyl (C=O) groups is 10. The highest BCUT2D eigenvalue weighted by Crippen LogP contribution is 2.24. The molecular formula is C53H72N14O10. The number of ketones is 2. The molecule has 15 N–H and O–H groups in total. The number of Topliss-reactive ketones (excluding diaryl/α,β-unsaturated/α-hetero) is 2. The van der Waals surface area contributed by atoms with Crippen molar-refractivity contribution < 1.29 is 47.9 Å². The Morgan fingerprint density at radius 3 is 2.19 bits per heavy atom. The van der Waals surface area contributed by atoms with Gasteiger partial charge in [0, 0.05) is 106 Å². The van der Waals surface area contributed by atoms with E-state index in [0.717, 1.165) is 10.9 Å². The summed E-state index contributed by atoms with van der Waals surface area (Å²) in [5.41, 5.74) is 19.6. The predicted octanol–water partition coefficient (Wildman–Crippen LogP) is -0.341. The molecule has 77 heavy (non-hydrogen) atoms. The maximum Gasteiger partial charge on any atom is 0.245 e. The van der Waals surface area contributed by atoms with Gasteiger partial charge in [-0.3, -0.25) is 52.9 Å². The zero-order valence-corrected chi connectivity index (χ0v) is 43.5. The fraction of sp³-hybridized carbons (Fsp3) is 0.472. The highest BCUT2D eigenvalue weighted by atomic mass is 16.2. The number of para-hydroxylation sites is 1. The molecule has 1 saturated heterocycles. The number of carbonyl (C=O) groups excluding carboxylic acids is 10. The number of fused-ring (bicyclic) bond motifs is 1. The molecule has 5 rings (SSSR count). The summed E-state index contributed by atoms with van der Waals surface area (Å²) in [6, 6.07) is 9.61. The van der Waals surface area contributed by atoms with Crippen molar-refractivity contribution in [1.29, 1.82) is 0 Å². The number of aliphatic imine (C=N–C) groups is 1. The van der Waals surface area contributed by atoms with Crippen molar-refractivity contribution >= 4 is 75.7 Å². The molecule has 0 radical (unpaired) electrons. The number of nitrogens with one attached hydrogen (secondary N) is 9. The molecule has 24 nitrogen and oxygen atoms in total. The number of hydrogen-bond donors (Lipinski definition) is 12. The van der Waals surface area contributed by atoms with Crippen LogP contribution in [0.3, 0.4) is 0 Å². The zero-order valence-electron chi connectivity index (χ0n) is 43.5. The van der Waals surface area contributed by atoms with Gasteiger partial charge in [0.1, 0.15) is 30.0 Å². The molecule has 2 aromatic heterocycles. The third-order valence-electron chi connectivity index (χ3n) is 13.2. The van der Waals surface area contributed by atoms with E-state index in [1.165, 1.54) is 19.4 Å². The van der Waals surface area contributed by atoms with Crippen molar-refractivity contribution in [3.05, 3.63) is 90.1 Å². The third kappa shape index (κ3) is 19.7. The van der Waals surface area contributed by atoms with Gasteiger partial charge in [-0.2, -0.15) is 0 Å². The van der Waals surface area contributed by atoms with Crippen molar-refractivity contribution in [2.45, 2.75) is 128 Å². The molecule has 414 valence electrons. The summed E-state index contributed by atoms with van der Waals surface area (Å²) < 4.78 is 0. The van der Waals surface area contributed by atoms with Crippen LogP contribution in [0.15, 0.2) is 78.3 Å². The van der Waals surface area contributed by atoms with E-state index in [0.29, 0.717) is 29.7 Å². The van der Waals surface area contributed by atoms with Crippen LogP contribution in [0.4, 0.5) is 0 Å². The van der Waals surface area contributed by atoms with Crippen molar-refractivity contribution in [3.8, 4) is 0 Å². The molecule has 1 aliphatic rings. The van der Waals surface area contributed by atoms with Crippen LogP contribution in [0.2, 0.25) is 0 Å². The lowest BCUT2D eigenvalue weighted by molar-refractivity contribution is -0.135. The second-order valence-corrected chi connectivity index (χ2v) is 19.2. The molecule has 0 spiro atoms. The standard InChI is InChI=1S/C53H72N14O10/c1-3-4-15-39(63-31(2)68)50(75)67-43-29-61-47(72)18-17-46(71)58-21-19-34(49(74)65-41(48(54)73)23-35-27-60-38-16-9-8-14-37(35)38)25-44(69)33(13-10-20-59-53(55)56)24-45(70)40(22-32-11-6-5-7-12-32)64-51(76)42(66-52(43)77)26-36-28-57-30-62-36/h5-9,11-12,14,16,27-28,30,33-34,39-43,60H,3-4,10,13,15,17-26,29H2,1-2H3,(H2,54,73)(H,57,62)(H,58,71)(H,61,72)(H,63,68)(H,64,76)(H,65,74)(H,66,77)(H,67,75)(H4,55,56,59)/t33-,34-,39+,40-,41+,42+,43?/m1/s1. The first-order chi connectivity index (χ1) is 36.9. The quantitative estimate of drug-likeness (QED) is 0.0325. The van der Waals surface area contributed by atoms with Gasteiger partial charge in [-0.25, -0.2) is 4.98 Å². The van der Waals surface area contributed by atoms with E-state index >= 15 is 0 Å². The SMILES string of the molecule is CCCC[C@H](NC(C)=O)C(=O)NC1CNC(=O)CCC(=O)NCC[C@@H](C(=O)N[C@@H](Cc2c[nH]c3ccccc23)C(N)=O)CC(=O)[C@H](CCCN=C(N)N)CC(=O)[C@@H](Cc2ccccc2)NC(=O)[C@H](Cc2cnc[nH]2)NC1=O. The maximum absolute atomic E-state index is 14.8. The number of primary amides is 1. The number of nitrogens with zero attached hydrogens (tertiary/aromatic N) is 2. The smallest absolute Gasteiger partial charge is 0.245 e. The van der Waals surface area contributed by atoms with Gasteiger partial charge in [0.25, 0.3) is 0 Å². The first kappa shape index (κ1) is 59.4. The van der Waals surface area contributed by atoms with Gasteiger partial charge in [-0.1, -0.05) is 68.3 Å². The Balaban J connectivity index is 1.51. The number of hydrogen-bond acceptors (Lipinski definition) is 12. The molecule has 1 unspecified atom stereocenters. The Hall–Kier alpha value is -8.44. The fourth-order valence-electron chi connectivity index (χ4n) is 8.95. The van der Waals surface area contributed by atoms with E-state index < -0.39 is 120 Å². The highest BCUT2D eigenvalue weighted by molar-refractivity contribution is 5.98. The van der Waals surface area contributed by atoms with Gasteiger partial charge in [-0.05, 0) is 49.3 Å². The molecule has 8 amide bonds. The zero-order chi connectivity index (χ0) is 55.9. The summed E-state index contributed by atoms with van der Waals surface area (Å²) in [6.45, 7) is 2.57. The van der Waals surface area contributed by atoms with Crippen molar-refractivity contribution in [3.63, 3.8) is 0 Å². The Morgan fingerprint density at radius 2 is 1.51 bits per heavy atom. The predicted molar refractivity (Wildman–Crippen MR) is 284 cm³/mol. The number of rotatable bonds is 19. The van der Waals surface area contributed by atoms with E-state index in [2.05, 4.69) is 57.2 Å². The molecule has 0 aliphatic carbocycles. The molecule has 1 fully saturated rings. The molecular weight excluding hydrogens is 993 g/mol. The number of guanidine groups is 1. The van der Waals surface area contributed by atoms with Gasteiger partial charge in [-0.15, -0.1) is 0 Å². The lowest BCUT2D eigenvalue weighted by Crippen LogP contribution is -2.60. The number of H-pyrrole nitrogens is 2. The van der Waals surface area contributed by atoms with E-state index in [1.54, 1.807) is 36.5 Å². The molecule has 7 atom stereocenters. The minimum atomic E-state index is -1.53. The van der Waals surface area contributed by atoms with Crippen LogP contribution >= 0.6 is 0 Å².